The van der Waals surface area contributed by atoms with Gasteiger partial charge in [-0.3, -0.25) is 0 Å². The number of aliphatic hydroxyl groups excluding tert-OH is 1. The molecule has 0 saturated heterocycles. The van der Waals surface area contributed by atoms with Crippen LogP contribution in [0, 0.1) is 0 Å². The molecule has 0 aliphatic carbocycles. The fraction of sp³-hybridized carbons (Fsp3) is 0.0667. The molecule has 2 nitrogen and oxygen atoms in total. The van der Waals surface area contributed by atoms with Crippen LogP contribution in [0.4, 0.5) is 0 Å². The van der Waals surface area contributed by atoms with Gasteiger partial charge in [-0.2, -0.15) is 0 Å². The fourth-order valence-electron chi connectivity index (χ4n) is 1.98. The predicted molar refractivity (Wildman–Crippen MR) is 71.7 cm³/mol. The largest absolute Gasteiger partial charge is 0.458 e. The summed E-state index contributed by atoms with van der Waals surface area (Å²) in [5.41, 5.74) is 1.50. The van der Waals surface area contributed by atoms with Gasteiger partial charge >= 0.3 is 0 Å². The first-order valence-corrected chi connectivity index (χ1v) is 6.04. The Kier molecular flexibility index (Phi) is 2.82. The molecule has 0 aliphatic heterocycles. The number of para-hydroxylation sites is 1. The fourth-order valence-corrected chi connectivity index (χ4v) is 2.18. The lowest BCUT2D eigenvalue weighted by molar-refractivity contribution is 0.192. The van der Waals surface area contributed by atoms with E-state index in [9.17, 15) is 5.11 Å². The lowest BCUT2D eigenvalue weighted by Gasteiger charge is -2.07. The summed E-state index contributed by atoms with van der Waals surface area (Å²) < 4.78 is 5.63. The lowest BCUT2D eigenvalue weighted by atomic mass is 10.1. The third-order valence-corrected chi connectivity index (χ3v) is 3.11. The van der Waals surface area contributed by atoms with Crippen LogP contribution in [0.15, 0.2) is 59.0 Å². The van der Waals surface area contributed by atoms with E-state index in [2.05, 4.69) is 0 Å². The number of hydrogen-bond donors (Lipinski definition) is 1. The molecule has 0 aliphatic rings. The van der Waals surface area contributed by atoms with Gasteiger partial charge in [-0.25, -0.2) is 0 Å². The van der Waals surface area contributed by atoms with E-state index >= 15 is 0 Å². The van der Waals surface area contributed by atoms with Crippen LogP contribution in [0.3, 0.4) is 0 Å². The number of benzene rings is 2. The lowest BCUT2D eigenvalue weighted by Crippen LogP contribution is -1.97. The summed E-state index contributed by atoms with van der Waals surface area (Å²) in [6.45, 7) is 0. The van der Waals surface area contributed by atoms with Gasteiger partial charge in [-0.15, -0.1) is 0 Å². The molecule has 1 aromatic heterocycles. The highest BCUT2D eigenvalue weighted by molar-refractivity contribution is 6.30. The van der Waals surface area contributed by atoms with Gasteiger partial charge in [-0.05, 0) is 29.8 Å². The van der Waals surface area contributed by atoms with Gasteiger partial charge in [0.2, 0.25) is 0 Å². The smallest absolute Gasteiger partial charge is 0.138 e. The molecule has 18 heavy (non-hydrogen) atoms. The maximum absolute atomic E-state index is 10.3. The first-order valence-electron chi connectivity index (χ1n) is 5.66. The Morgan fingerprint density at radius 1 is 1.00 bits per heavy atom. The van der Waals surface area contributed by atoms with Crippen molar-refractivity contribution in [3.05, 3.63) is 70.9 Å². The van der Waals surface area contributed by atoms with Crippen LogP contribution in [0.1, 0.15) is 17.4 Å². The van der Waals surface area contributed by atoms with Gasteiger partial charge < -0.3 is 9.52 Å². The Morgan fingerprint density at radius 2 is 1.83 bits per heavy atom. The van der Waals surface area contributed by atoms with Crippen molar-refractivity contribution in [2.75, 3.05) is 0 Å². The van der Waals surface area contributed by atoms with Gasteiger partial charge in [0.15, 0.2) is 0 Å². The summed E-state index contributed by atoms with van der Waals surface area (Å²) in [7, 11) is 0. The molecule has 1 N–H and O–H groups in total. The number of furan rings is 1. The van der Waals surface area contributed by atoms with Crippen LogP contribution in [0.2, 0.25) is 5.02 Å². The molecule has 0 spiro atoms. The average molecular weight is 259 g/mol. The normalized spacial score (nSPS) is 12.8. The summed E-state index contributed by atoms with van der Waals surface area (Å²) in [5, 5.41) is 11.8. The van der Waals surface area contributed by atoms with Crippen LogP contribution in [0.5, 0.6) is 0 Å². The van der Waals surface area contributed by atoms with Crippen molar-refractivity contribution in [3.8, 4) is 0 Å². The van der Waals surface area contributed by atoms with Crippen molar-refractivity contribution >= 4 is 22.6 Å². The summed E-state index contributed by atoms with van der Waals surface area (Å²) >= 11 is 5.91. The molecule has 3 aromatic rings. The second-order valence-corrected chi connectivity index (χ2v) is 4.58. The molecule has 2 aromatic carbocycles. The third kappa shape index (κ3) is 2.01. The number of aliphatic hydroxyl groups is 1. The van der Waals surface area contributed by atoms with E-state index in [1.807, 2.05) is 42.5 Å². The van der Waals surface area contributed by atoms with E-state index in [0.717, 1.165) is 16.5 Å². The van der Waals surface area contributed by atoms with Crippen molar-refractivity contribution in [2.24, 2.45) is 0 Å². The van der Waals surface area contributed by atoms with E-state index in [-0.39, 0.29) is 0 Å². The monoisotopic (exact) mass is 258 g/mol. The maximum Gasteiger partial charge on any atom is 0.138 e. The minimum absolute atomic E-state index is 0.526. The van der Waals surface area contributed by atoms with Gasteiger partial charge in [0.25, 0.3) is 0 Å². The SMILES string of the molecule is OC(c1cccc(Cl)c1)c1cc2ccccc2o1. The molecule has 3 heteroatoms. The molecule has 0 amide bonds. The van der Waals surface area contributed by atoms with Gasteiger partial charge in [-0.1, -0.05) is 41.9 Å². The molecule has 1 atom stereocenters. The molecular formula is C15H11ClO2. The van der Waals surface area contributed by atoms with Crippen molar-refractivity contribution in [1.29, 1.82) is 0 Å². The van der Waals surface area contributed by atoms with Crippen LogP contribution in [-0.2, 0) is 0 Å². The summed E-state index contributed by atoms with van der Waals surface area (Å²) in [6.07, 6.45) is -0.795. The van der Waals surface area contributed by atoms with E-state index in [4.69, 9.17) is 16.0 Å². The Hall–Kier alpha value is -1.77. The highest BCUT2D eigenvalue weighted by Crippen LogP contribution is 2.29. The Labute approximate surface area is 109 Å². The minimum atomic E-state index is -0.795. The number of rotatable bonds is 2. The summed E-state index contributed by atoms with van der Waals surface area (Å²) in [5.74, 6) is 0.526. The topological polar surface area (TPSA) is 33.4 Å². The number of fused-ring (bicyclic) bond motifs is 1. The predicted octanol–water partition coefficient (Wildman–Crippen LogP) is 4.17. The summed E-state index contributed by atoms with van der Waals surface area (Å²) in [6, 6.07) is 16.7. The molecule has 3 rings (SSSR count). The Balaban J connectivity index is 2.03. The van der Waals surface area contributed by atoms with Gasteiger partial charge in [0.1, 0.15) is 17.4 Å². The summed E-state index contributed by atoms with van der Waals surface area (Å²) in [4.78, 5) is 0. The highest BCUT2D eigenvalue weighted by atomic mass is 35.5. The van der Waals surface area contributed by atoms with E-state index in [0.29, 0.717) is 10.8 Å². The molecule has 90 valence electrons. The zero-order valence-corrected chi connectivity index (χ0v) is 10.3. The second kappa shape index (κ2) is 4.48. The third-order valence-electron chi connectivity index (χ3n) is 2.88. The highest BCUT2D eigenvalue weighted by Gasteiger charge is 2.15. The van der Waals surface area contributed by atoms with Gasteiger partial charge in [0, 0.05) is 10.4 Å². The van der Waals surface area contributed by atoms with Crippen LogP contribution < -0.4 is 0 Å². The van der Waals surface area contributed by atoms with E-state index < -0.39 is 6.10 Å². The van der Waals surface area contributed by atoms with E-state index in [1.165, 1.54) is 0 Å². The molecule has 1 heterocycles. The molecule has 0 fully saturated rings. The van der Waals surface area contributed by atoms with Crippen LogP contribution in [0.25, 0.3) is 11.0 Å². The van der Waals surface area contributed by atoms with Crippen molar-refractivity contribution in [2.45, 2.75) is 6.10 Å². The first-order chi connectivity index (χ1) is 8.74. The Bertz CT molecular complexity index is 655. The molecular weight excluding hydrogens is 248 g/mol. The van der Waals surface area contributed by atoms with Crippen molar-refractivity contribution in [3.63, 3.8) is 0 Å². The van der Waals surface area contributed by atoms with E-state index in [1.54, 1.807) is 12.1 Å². The zero-order valence-electron chi connectivity index (χ0n) is 9.51. The molecule has 0 radical (unpaired) electrons. The quantitative estimate of drug-likeness (QED) is 0.748. The van der Waals surface area contributed by atoms with Crippen molar-refractivity contribution < 1.29 is 9.52 Å². The van der Waals surface area contributed by atoms with Crippen LogP contribution in [-0.4, -0.2) is 5.11 Å². The minimum Gasteiger partial charge on any atom is -0.458 e. The Morgan fingerprint density at radius 3 is 2.61 bits per heavy atom. The average Bonchev–Trinajstić information content (AvgIpc) is 2.81. The standard InChI is InChI=1S/C15H11ClO2/c16-12-6-3-5-11(8-12)15(17)14-9-10-4-1-2-7-13(10)18-14/h1-9,15,17H. The van der Waals surface area contributed by atoms with Crippen molar-refractivity contribution in [1.82, 2.24) is 0 Å². The van der Waals surface area contributed by atoms with Crippen LogP contribution >= 0.6 is 11.6 Å². The number of hydrogen-bond acceptors (Lipinski definition) is 2. The van der Waals surface area contributed by atoms with Gasteiger partial charge in [0.05, 0.1) is 0 Å². The molecule has 0 bridgehead atoms. The number of halogens is 1. The molecule has 0 saturated carbocycles. The molecule has 1 unspecified atom stereocenters. The second-order valence-electron chi connectivity index (χ2n) is 4.14. The maximum atomic E-state index is 10.3. The first kappa shape index (κ1) is 11.3. The zero-order chi connectivity index (χ0) is 12.5.